The summed E-state index contributed by atoms with van der Waals surface area (Å²) in [4.78, 5) is 0. The SMILES string of the molecule is CC1(C)O[C@@H]2O[C@@H](COS(C)(=O)=O)[C@H](OS(C)(=O)=O)[C@@H]2O1. The molecule has 0 aromatic carbocycles. The van der Waals surface area contributed by atoms with Crippen LogP contribution in [0.2, 0.25) is 0 Å². The van der Waals surface area contributed by atoms with E-state index in [0.717, 1.165) is 12.5 Å². The standard InChI is InChI=1S/C10H18O9S2/c1-10(2)17-8-7(19-21(4,13)14)6(16-9(8)18-10)5-15-20(3,11)12/h6-9H,5H2,1-4H3/t6-,7-,8-,9-/m0/s1. The summed E-state index contributed by atoms with van der Waals surface area (Å²) in [5, 5.41) is 0. The first kappa shape index (κ1) is 17.1. The Labute approximate surface area is 123 Å². The van der Waals surface area contributed by atoms with Gasteiger partial charge in [0, 0.05) is 0 Å². The van der Waals surface area contributed by atoms with Crippen molar-refractivity contribution in [2.75, 3.05) is 19.1 Å². The normalized spacial score (nSPS) is 35.8. The zero-order chi connectivity index (χ0) is 16.1. The fourth-order valence-electron chi connectivity index (χ4n) is 2.19. The summed E-state index contributed by atoms with van der Waals surface area (Å²) in [6, 6.07) is 0. The van der Waals surface area contributed by atoms with Crippen LogP contribution in [0, 0.1) is 0 Å². The van der Waals surface area contributed by atoms with E-state index in [4.69, 9.17) is 18.4 Å². The number of hydrogen-bond donors (Lipinski definition) is 0. The lowest BCUT2D eigenvalue weighted by Gasteiger charge is -2.24. The zero-order valence-electron chi connectivity index (χ0n) is 12.0. The molecule has 9 nitrogen and oxygen atoms in total. The molecule has 0 aromatic heterocycles. The average Bonchev–Trinajstić information content (AvgIpc) is 2.67. The Bertz CT molecular complexity index is 594. The Morgan fingerprint density at radius 2 is 1.67 bits per heavy atom. The van der Waals surface area contributed by atoms with Gasteiger partial charge >= 0.3 is 0 Å². The second kappa shape index (κ2) is 5.41. The lowest BCUT2D eigenvalue weighted by atomic mass is 10.1. The first-order valence-corrected chi connectivity index (χ1v) is 9.73. The maximum absolute atomic E-state index is 11.4. The van der Waals surface area contributed by atoms with E-state index in [1.807, 2.05) is 0 Å². The van der Waals surface area contributed by atoms with Crippen molar-refractivity contribution in [3.8, 4) is 0 Å². The minimum atomic E-state index is -3.79. The first-order valence-electron chi connectivity index (χ1n) is 6.10. The number of ether oxygens (including phenoxy) is 3. The Hall–Kier alpha value is -0.300. The predicted octanol–water partition coefficient (Wildman–Crippen LogP) is -0.816. The van der Waals surface area contributed by atoms with E-state index in [-0.39, 0.29) is 6.61 Å². The zero-order valence-corrected chi connectivity index (χ0v) is 13.6. The third kappa shape index (κ3) is 4.58. The lowest BCUT2D eigenvalue weighted by Crippen LogP contribution is -2.40. The van der Waals surface area contributed by atoms with E-state index in [1.54, 1.807) is 13.8 Å². The molecule has 0 aromatic rings. The minimum Gasteiger partial charge on any atom is -0.341 e. The summed E-state index contributed by atoms with van der Waals surface area (Å²) in [5.74, 6) is -0.947. The molecule has 2 rings (SSSR count). The summed E-state index contributed by atoms with van der Waals surface area (Å²) in [5.41, 5.74) is 0. The molecular formula is C10H18O9S2. The van der Waals surface area contributed by atoms with Gasteiger partial charge in [-0.15, -0.1) is 0 Å². The monoisotopic (exact) mass is 346 g/mol. The van der Waals surface area contributed by atoms with Crippen molar-refractivity contribution in [1.29, 1.82) is 0 Å². The smallest absolute Gasteiger partial charge is 0.264 e. The van der Waals surface area contributed by atoms with Crippen LogP contribution in [0.1, 0.15) is 13.8 Å². The molecule has 4 atom stereocenters. The van der Waals surface area contributed by atoms with Crippen molar-refractivity contribution >= 4 is 20.2 Å². The summed E-state index contributed by atoms with van der Waals surface area (Å²) >= 11 is 0. The topological polar surface area (TPSA) is 114 Å². The third-order valence-corrected chi connectivity index (χ3v) is 3.96. The molecule has 2 aliphatic heterocycles. The summed E-state index contributed by atoms with van der Waals surface area (Å²) < 4.78 is 70.8. The Morgan fingerprint density at radius 3 is 2.19 bits per heavy atom. The first-order chi connectivity index (χ1) is 9.36. The van der Waals surface area contributed by atoms with Gasteiger partial charge in [0.15, 0.2) is 12.1 Å². The Balaban J connectivity index is 2.14. The van der Waals surface area contributed by atoms with Crippen LogP contribution in [0.5, 0.6) is 0 Å². The van der Waals surface area contributed by atoms with Crippen molar-refractivity contribution in [2.45, 2.75) is 44.2 Å². The van der Waals surface area contributed by atoms with Gasteiger partial charge in [0.25, 0.3) is 20.2 Å². The van der Waals surface area contributed by atoms with Crippen LogP contribution in [0.4, 0.5) is 0 Å². The van der Waals surface area contributed by atoms with Gasteiger partial charge in [-0.2, -0.15) is 16.8 Å². The van der Waals surface area contributed by atoms with Gasteiger partial charge in [0.1, 0.15) is 18.3 Å². The van der Waals surface area contributed by atoms with Crippen molar-refractivity contribution in [3.63, 3.8) is 0 Å². The van der Waals surface area contributed by atoms with E-state index >= 15 is 0 Å². The second-order valence-electron chi connectivity index (χ2n) is 5.40. The maximum Gasteiger partial charge on any atom is 0.264 e. The predicted molar refractivity (Wildman–Crippen MR) is 69.2 cm³/mol. The molecular weight excluding hydrogens is 328 g/mol. The van der Waals surface area contributed by atoms with Gasteiger partial charge in [-0.05, 0) is 13.8 Å². The number of fused-ring (bicyclic) bond motifs is 1. The lowest BCUT2D eigenvalue weighted by molar-refractivity contribution is -0.215. The number of rotatable bonds is 5. The molecule has 0 aliphatic carbocycles. The minimum absolute atomic E-state index is 0.390. The van der Waals surface area contributed by atoms with Gasteiger partial charge in [0.2, 0.25) is 0 Å². The van der Waals surface area contributed by atoms with Crippen molar-refractivity contribution in [1.82, 2.24) is 0 Å². The van der Waals surface area contributed by atoms with E-state index < -0.39 is 50.6 Å². The molecule has 0 unspecified atom stereocenters. The van der Waals surface area contributed by atoms with Gasteiger partial charge in [-0.1, -0.05) is 0 Å². The number of hydrogen-bond acceptors (Lipinski definition) is 9. The molecule has 2 saturated heterocycles. The summed E-state index contributed by atoms with van der Waals surface area (Å²) in [7, 11) is -7.48. The van der Waals surface area contributed by atoms with E-state index in [1.165, 1.54) is 0 Å². The Kier molecular flexibility index (Phi) is 4.39. The summed E-state index contributed by atoms with van der Waals surface area (Å²) in [6.07, 6.45) is -1.86. The van der Waals surface area contributed by atoms with E-state index in [2.05, 4.69) is 4.18 Å². The highest BCUT2D eigenvalue weighted by atomic mass is 32.2. The van der Waals surface area contributed by atoms with Gasteiger partial charge in [-0.25, -0.2) is 0 Å². The molecule has 2 heterocycles. The van der Waals surface area contributed by atoms with Gasteiger partial charge in [-0.3, -0.25) is 8.37 Å². The molecule has 0 spiro atoms. The highest BCUT2D eigenvalue weighted by Gasteiger charge is 2.56. The van der Waals surface area contributed by atoms with Crippen LogP contribution in [-0.4, -0.2) is 66.3 Å². The highest BCUT2D eigenvalue weighted by Crippen LogP contribution is 2.39. The molecule has 0 N–H and O–H groups in total. The Morgan fingerprint density at radius 1 is 1.05 bits per heavy atom. The van der Waals surface area contributed by atoms with Crippen LogP contribution in [-0.2, 0) is 42.8 Å². The van der Waals surface area contributed by atoms with Crippen LogP contribution in [0.3, 0.4) is 0 Å². The molecule has 0 saturated carbocycles. The van der Waals surface area contributed by atoms with Crippen LogP contribution in [0.15, 0.2) is 0 Å². The quantitative estimate of drug-likeness (QED) is 0.589. The van der Waals surface area contributed by atoms with Crippen molar-refractivity contribution in [3.05, 3.63) is 0 Å². The fourth-order valence-corrected chi connectivity index (χ4v) is 3.21. The fraction of sp³-hybridized carbons (Fsp3) is 1.00. The molecule has 0 bridgehead atoms. The van der Waals surface area contributed by atoms with Crippen molar-refractivity contribution < 1.29 is 39.4 Å². The molecule has 0 amide bonds. The van der Waals surface area contributed by atoms with Crippen LogP contribution >= 0.6 is 0 Å². The molecule has 124 valence electrons. The molecule has 2 fully saturated rings. The molecule has 21 heavy (non-hydrogen) atoms. The molecule has 2 aliphatic rings. The van der Waals surface area contributed by atoms with Gasteiger partial charge in [0.05, 0.1) is 19.1 Å². The third-order valence-electron chi connectivity index (χ3n) is 2.82. The van der Waals surface area contributed by atoms with Crippen molar-refractivity contribution in [2.24, 2.45) is 0 Å². The van der Waals surface area contributed by atoms with E-state index in [9.17, 15) is 16.8 Å². The van der Waals surface area contributed by atoms with Crippen LogP contribution in [0.25, 0.3) is 0 Å². The largest absolute Gasteiger partial charge is 0.341 e. The average molecular weight is 346 g/mol. The highest BCUT2D eigenvalue weighted by molar-refractivity contribution is 7.86. The molecule has 0 radical (unpaired) electrons. The molecule has 11 heteroatoms. The van der Waals surface area contributed by atoms with Crippen LogP contribution < -0.4 is 0 Å². The van der Waals surface area contributed by atoms with E-state index in [0.29, 0.717) is 0 Å². The maximum atomic E-state index is 11.4. The summed E-state index contributed by atoms with van der Waals surface area (Å²) in [6.45, 7) is 2.90. The second-order valence-corrected chi connectivity index (χ2v) is 8.64. The van der Waals surface area contributed by atoms with Gasteiger partial charge < -0.3 is 14.2 Å².